The number of hydrogen-bond acceptors (Lipinski definition) is 4. The summed E-state index contributed by atoms with van der Waals surface area (Å²) in [5.41, 5.74) is 0.265. The number of carboxylic acid groups (broad SMARTS) is 2. The van der Waals surface area contributed by atoms with E-state index in [1.54, 1.807) is 0 Å². The summed E-state index contributed by atoms with van der Waals surface area (Å²) in [6, 6.07) is 0. The van der Waals surface area contributed by atoms with Crippen molar-refractivity contribution in [1.82, 2.24) is 0 Å². The molecule has 0 bridgehead atoms. The van der Waals surface area contributed by atoms with Gasteiger partial charge in [-0.25, -0.2) is 9.59 Å². The molecule has 0 aliphatic carbocycles. The number of rotatable bonds is 24. The van der Waals surface area contributed by atoms with Gasteiger partial charge < -0.3 is 10.2 Å². The first-order valence-electron chi connectivity index (χ1n) is 14.4. The Bertz CT molecular complexity index is 649. The van der Waals surface area contributed by atoms with Gasteiger partial charge in [0, 0.05) is 11.1 Å². The fourth-order valence-electron chi connectivity index (χ4n) is 4.35. The molecular weight excluding hydrogens is 496 g/mol. The first-order valence-corrected chi connectivity index (χ1v) is 15.8. The molecule has 0 aliphatic heterocycles. The molecule has 0 saturated carbocycles. The molecule has 0 saturated heterocycles. The molecule has 4 N–H and O–H groups in total. The Morgan fingerprint density at radius 1 is 0.459 bits per heavy atom. The molecule has 9 heteroatoms. The zero-order valence-electron chi connectivity index (χ0n) is 23.4. The molecule has 8 nitrogen and oxygen atoms in total. The largest absolute Gasteiger partial charge is 0.478 e. The van der Waals surface area contributed by atoms with Crippen LogP contribution in [0.1, 0.15) is 155 Å². The molecule has 0 atom stereocenters. The number of carboxylic acids is 2. The molecule has 0 rings (SSSR count). The van der Waals surface area contributed by atoms with Gasteiger partial charge in [0.2, 0.25) is 0 Å². The number of carbonyl (C=O) groups is 2. The van der Waals surface area contributed by atoms with Crippen LogP contribution in [-0.4, -0.2) is 39.7 Å². The SMILES string of the molecule is CCCCCCCCCCCC/C(C(=O)O)=C(/CCCCCCCCCCCC)C(=O)O.O=S(=O)(O)O. The highest BCUT2D eigenvalue weighted by Gasteiger charge is 2.19. The second-order valence-electron chi connectivity index (χ2n) is 9.88. The Morgan fingerprint density at radius 2 is 0.649 bits per heavy atom. The van der Waals surface area contributed by atoms with Crippen molar-refractivity contribution >= 4 is 22.3 Å². The minimum atomic E-state index is -4.67. The van der Waals surface area contributed by atoms with E-state index in [2.05, 4.69) is 13.8 Å². The van der Waals surface area contributed by atoms with E-state index in [0.29, 0.717) is 12.8 Å². The average molecular weight is 551 g/mol. The highest BCUT2D eigenvalue weighted by molar-refractivity contribution is 7.79. The standard InChI is InChI=1S/C28H52O4.H2O4S/c1-3-5-7-9-11-13-15-17-19-21-23-25(27(29)30)26(28(31)32)24-22-20-18-16-14-12-10-8-6-4-2;1-5(2,3)4/h3-24H2,1-2H3,(H,29,30)(H,31,32);(H2,1,2,3,4)/b26-25+;. The maximum Gasteiger partial charge on any atom is 0.394 e. The van der Waals surface area contributed by atoms with Crippen molar-refractivity contribution in [3.05, 3.63) is 11.1 Å². The predicted octanol–water partition coefficient (Wildman–Crippen LogP) is 8.42. The molecule has 0 aromatic rings. The van der Waals surface area contributed by atoms with Crippen LogP contribution in [0.4, 0.5) is 0 Å². The molecule has 0 aliphatic rings. The predicted molar refractivity (Wildman–Crippen MR) is 149 cm³/mol. The normalized spacial score (nSPS) is 12.0. The molecule has 0 fully saturated rings. The molecule has 0 spiro atoms. The zero-order valence-corrected chi connectivity index (χ0v) is 24.2. The third-order valence-electron chi connectivity index (χ3n) is 6.44. The van der Waals surface area contributed by atoms with Gasteiger partial charge in [-0.2, -0.15) is 8.42 Å². The van der Waals surface area contributed by atoms with E-state index in [4.69, 9.17) is 17.5 Å². The van der Waals surface area contributed by atoms with Gasteiger partial charge in [-0.3, -0.25) is 9.11 Å². The van der Waals surface area contributed by atoms with Crippen LogP contribution in [0.5, 0.6) is 0 Å². The Balaban J connectivity index is 0. The van der Waals surface area contributed by atoms with Crippen molar-refractivity contribution in [2.24, 2.45) is 0 Å². The molecule has 0 amide bonds. The van der Waals surface area contributed by atoms with Crippen LogP contribution < -0.4 is 0 Å². The van der Waals surface area contributed by atoms with E-state index in [1.165, 1.54) is 89.9 Å². The average Bonchev–Trinajstić information content (AvgIpc) is 2.80. The van der Waals surface area contributed by atoms with Crippen molar-refractivity contribution in [3.8, 4) is 0 Å². The van der Waals surface area contributed by atoms with Crippen molar-refractivity contribution in [1.29, 1.82) is 0 Å². The summed E-state index contributed by atoms with van der Waals surface area (Å²) in [7, 11) is -4.67. The summed E-state index contributed by atoms with van der Waals surface area (Å²) >= 11 is 0. The maximum atomic E-state index is 11.7. The van der Waals surface area contributed by atoms with E-state index >= 15 is 0 Å². The first-order chi connectivity index (χ1) is 17.5. The van der Waals surface area contributed by atoms with Gasteiger partial charge in [-0.15, -0.1) is 0 Å². The fraction of sp³-hybridized carbons (Fsp3) is 0.857. The lowest BCUT2D eigenvalue weighted by molar-refractivity contribution is -0.136. The summed E-state index contributed by atoms with van der Waals surface area (Å²) < 4.78 is 31.6. The van der Waals surface area contributed by atoms with Crippen LogP contribution in [-0.2, 0) is 20.0 Å². The number of hydrogen-bond donors (Lipinski definition) is 4. The van der Waals surface area contributed by atoms with Gasteiger partial charge in [-0.1, -0.05) is 129 Å². The quantitative estimate of drug-likeness (QED) is 0.0531. The summed E-state index contributed by atoms with van der Waals surface area (Å²) in [4.78, 5) is 23.4. The van der Waals surface area contributed by atoms with Crippen LogP contribution in [0.3, 0.4) is 0 Å². The molecule has 0 aromatic carbocycles. The van der Waals surface area contributed by atoms with Gasteiger partial charge in [0.1, 0.15) is 0 Å². The van der Waals surface area contributed by atoms with E-state index < -0.39 is 22.3 Å². The van der Waals surface area contributed by atoms with Crippen LogP contribution in [0.25, 0.3) is 0 Å². The van der Waals surface area contributed by atoms with Crippen molar-refractivity contribution < 1.29 is 37.3 Å². The Morgan fingerprint density at radius 3 is 0.838 bits per heavy atom. The van der Waals surface area contributed by atoms with Crippen molar-refractivity contribution in [2.45, 2.75) is 155 Å². The van der Waals surface area contributed by atoms with Gasteiger partial charge in [0.15, 0.2) is 0 Å². The zero-order chi connectivity index (χ0) is 28.4. The number of unbranched alkanes of at least 4 members (excludes halogenated alkanes) is 18. The second kappa shape index (κ2) is 26.2. The summed E-state index contributed by atoms with van der Waals surface area (Å²) in [6.45, 7) is 4.46. The molecule has 0 aromatic heterocycles. The van der Waals surface area contributed by atoms with E-state index in [-0.39, 0.29) is 11.1 Å². The van der Waals surface area contributed by atoms with Crippen LogP contribution >= 0.6 is 0 Å². The lowest BCUT2D eigenvalue weighted by atomic mass is 9.96. The first kappa shape index (κ1) is 37.7. The second-order valence-corrected chi connectivity index (χ2v) is 10.8. The van der Waals surface area contributed by atoms with Crippen LogP contribution in [0.2, 0.25) is 0 Å². The highest BCUT2D eigenvalue weighted by atomic mass is 32.3. The van der Waals surface area contributed by atoms with Crippen molar-refractivity contribution in [2.75, 3.05) is 0 Å². The number of aliphatic carboxylic acids is 2. The van der Waals surface area contributed by atoms with Crippen LogP contribution in [0, 0.1) is 0 Å². The van der Waals surface area contributed by atoms with E-state index in [9.17, 15) is 19.8 Å². The third kappa shape index (κ3) is 30.7. The molecule has 37 heavy (non-hydrogen) atoms. The Labute approximate surface area is 225 Å². The van der Waals surface area contributed by atoms with E-state index in [0.717, 1.165) is 38.5 Å². The molecular formula is C28H54O8S. The fourth-order valence-corrected chi connectivity index (χ4v) is 4.35. The lowest BCUT2D eigenvalue weighted by Gasteiger charge is -2.10. The summed E-state index contributed by atoms with van der Waals surface area (Å²) in [5, 5.41) is 19.2. The van der Waals surface area contributed by atoms with Crippen molar-refractivity contribution in [3.63, 3.8) is 0 Å². The topological polar surface area (TPSA) is 149 Å². The molecule has 0 radical (unpaired) electrons. The lowest BCUT2D eigenvalue weighted by Crippen LogP contribution is -2.12. The maximum absolute atomic E-state index is 11.7. The molecule has 0 unspecified atom stereocenters. The Hall–Kier alpha value is -1.45. The summed E-state index contributed by atoms with van der Waals surface area (Å²) in [5.74, 6) is -2.10. The Kier molecular flexibility index (Phi) is 26.7. The van der Waals surface area contributed by atoms with E-state index in [1.807, 2.05) is 0 Å². The smallest absolute Gasteiger partial charge is 0.394 e. The molecule has 220 valence electrons. The molecule has 0 heterocycles. The van der Waals surface area contributed by atoms with Gasteiger partial charge in [0.05, 0.1) is 0 Å². The highest BCUT2D eigenvalue weighted by Crippen LogP contribution is 2.21. The minimum Gasteiger partial charge on any atom is -0.478 e. The summed E-state index contributed by atoms with van der Waals surface area (Å²) in [6.07, 6.45) is 24.5. The van der Waals surface area contributed by atoms with Gasteiger partial charge >= 0.3 is 22.3 Å². The van der Waals surface area contributed by atoms with Gasteiger partial charge in [0.25, 0.3) is 0 Å². The van der Waals surface area contributed by atoms with Gasteiger partial charge in [-0.05, 0) is 25.7 Å². The monoisotopic (exact) mass is 550 g/mol. The third-order valence-corrected chi connectivity index (χ3v) is 6.44. The minimum absolute atomic E-state index is 0.132. The van der Waals surface area contributed by atoms with Crippen LogP contribution in [0.15, 0.2) is 11.1 Å².